The third-order valence-electron chi connectivity index (χ3n) is 3.73. The van der Waals surface area contributed by atoms with E-state index in [0.29, 0.717) is 30.8 Å². The number of amides is 1. The van der Waals surface area contributed by atoms with Crippen molar-refractivity contribution in [2.24, 2.45) is 0 Å². The van der Waals surface area contributed by atoms with Crippen LogP contribution in [-0.4, -0.2) is 42.3 Å². The Morgan fingerprint density at radius 2 is 2.00 bits per heavy atom. The van der Waals surface area contributed by atoms with Gasteiger partial charge in [-0.15, -0.1) is 0 Å². The molecule has 7 heteroatoms. The molecular formula is C18H25FN2O4. The van der Waals surface area contributed by atoms with Gasteiger partial charge in [-0.2, -0.15) is 0 Å². The maximum Gasteiger partial charge on any atom is 0.410 e. The molecule has 1 aliphatic rings. The Morgan fingerprint density at radius 1 is 1.28 bits per heavy atom. The molecule has 0 aliphatic carbocycles. The van der Waals surface area contributed by atoms with E-state index >= 15 is 0 Å². The van der Waals surface area contributed by atoms with Crippen LogP contribution in [0.1, 0.15) is 38.8 Å². The van der Waals surface area contributed by atoms with Gasteiger partial charge in [0.05, 0.1) is 13.2 Å². The Balaban J connectivity index is 2.12. The van der Waals surface area contributed by atoms with E-state index in [0.717, 1.165) is 5.56 Å². The van der Waals surface area contributed by atoms with E-state index in [1.54, 1.807) is 33.8 Å². The number of carbonyl (C=O) groups is 2. The molecule has 2 rings (SSSR count). The number of fused-ring (bicyclic) bond motifs is 1. The second-order valence-electron chi connectivity index (χ2n) is 6.86. The molecule has 0 saturated carbocycles. The molecule has 0 fully saturated rings. The molecule has 0 bridgehead atoms. The molecule has 1 N–H and O–H groups in total. The van der Waals surface area contributed by atoms with Gasteiger partial charge in [0.15, 0.2) is 0 Å². The number of rotatable bonds is 4. The second-order valence-corrected chi connectivity index (χ2v) is 6.86. The highest BCUT2D eigenvalue weighted by atomic mass is 19.1. The number of esters is 1. The van der Waals surface area contributed by atoms with Crippen molar-refractivity contribution in [1.29, 1.82) is 0 Å². The largest absolute Gasteiger partial charge is 0.465 e. The number of hydrogen-bond donors (Lipinski definition) is 1. The molecule has 1 aliphatic heterocycles. The normalized spacial score (nSPS) is 13.9. The summed E-state index contributed by atoms with van der Waals surface area (Å²) in [7, 11) is 0. The summed E-state index contributed by atoms with van der Waals surface area (Å²) in [6.07, 6.45) is 0.0275. The van der Waals surface area contributed by atoms with Crippen molar-refractivity contribution in [3.63, 3.8) is 0 Å². The van der Waals surface area contributed by atoms with Gasteiger partial charge in [0.25, 0.3) is 0 Å². The van der Waals surface area contributed by atoms with Crippen molar-refractivity contribution in [3.8, 4) is 0 Å². The molecule has 1 aromatic carbocycles. The fourth-order valence-corrected chi connectivity index (χ4v) is 2.66. The fourth-order valence-electron chi connectivity index (χ4n) is 2.66. The topological polar surface area (TPSA) is 67.9 Å². The first-order valence-corrected chi connectivity index (χ1v) is 8.39. The van der Waals surface area contributed by atoms with Crippen LogP contribution in [0.4, 0.5) is 14.9 Å². The van der Waals surface area contributed by atoms with Crippen molar-refractivity contribution in [3.05, 3.63) is 29.1 Å². The minimum atomic E-state index is -0.598. The Bertz CT molecular complexity index is 655. The van der Waals surface area contributed by atoms with Crippen LogP contribution in [-0.2, 0) is 27.2 Å². The van der Waals surface area contributed by atoms with Gasteiger partial charge in [0.1, 0.15) is 18.0 Å². The number of nitrogens with zero attached hydrogens (tertiary/aromatic N) is 1. The molecule has 138 valence electrons. The molecule has 6 nitrogen and oxygen atoms in total. The Hall–Kier alpha value is -2.31. The van der Waals surface area contributed by atoms with Crippen LogP contribution in [0.25, 0.3) is 0 Å². The number of anilines is 1. The van der Waals surface area contributed by atoms with E-state index in [2.05, 4.69) is 5.32 Å². The van der Waals surface area contributed by atoms with Crippen molar-refractivity contribution >= 4 is 17.7 Å². The Morgan fingerprint density at radius 3 is 2.64 bits per heavy atom. The lowest BCUT2D eigenvalue weighted by Crippen LogP contribution is -2.40. The average molecular weight is 352 g/mol. The quantitative estimate of drug-likeness (QED) is 0.844. The number of benzene rings is 1. The predicted octanol–water partition coefficient (Wildman–Crippen LogP) is 3.09. The molecule has 1 aromatic rings. The van der Waals surface area contributed by atoms with E-state index < -0.39 is 11.7 Å². The number of halogens is 1. The number of hydrogen-bond acceptors (Lipinski definition) is 5. The van der Waals surface area contributed by atoms with Crippen LogP contribution in [0.5, 0.6) is 0 Å². The van der Waals surface area contributed by atoms with Crippen LogP contribution < -0.4 is 5.32 Å². The van der Waals surface area contributed by atoms with E-state index in [9.17, 15) is 14.0 Å². The highest BCUT2D eigenvalue weighted by Crippen LogP contribution is 2.29. The van der Waals surface area contributed by atoms with Gasteiger partial charge in [0.2, 0.25) is 0 Å². The first-order chi connectivity index (χ1) is 11.7. The molecule has 0 radical (unpaired) electrons. The summed E-state index contributed by atoms with van der Waals surface area (Å²) >= 11 is 0. The van der Waals surface area contributed by atoms with Crippen molar-refractivity contribution in [2.45, 2.75) is 46.3 Å². The van der Waals surface area contributed by atoms with Crippen LogP contribution in [0, 0.1) is 5.82 Å². The zero-order valence-corrected chi connectivity index (χ0v) is 15.1. The summed E-state index contributed by atoms with van der Waals surface area (Å²) in [6.45, 7) is 8.02. The van der Waals surface area contributed by atoms with Gasteiger partial charge in [0, 0.05) is 17.8 Å². The van der Waals surface area contributed by atoms with E-state index in [4.69, 9.17) is 9.47 Å². The molecule has 25 heavy (non-hydrogen) atoms. The Kier molecular flexibility index (Phi) is 5.87. The fraction of sp³-hybridized carbons (Fsp3) is 0.556. The zero-order chi connectivity index (χ0) is 18.6. The number of nitrogens with one attached hydrogen (secondary N) is 1. The van der Waals surface area contributed by atoms with Gasteiger partial charge in [-0.25, -0.2) is 9.18 Å². The third kappa shape index (κ3) is 5.08. The monoisotopic (exact) mass is 352 g/mol. The van der Waals surface area contributed by atoms with Crippen molar-refractivity contribution < 1.29 is 23.5 Å². The zero-order valence-electron chi connectivity index (χ0n) is 15.1. The lowest BCUT2D eigenvalue weighted by atomic mass is 9.97. The number of ether oxygens (including phenoxy) is 2. The molecule has 0 spiro atoms. The average Bonchev–Trinajstić information content (AvgIpc) is 2.53. The third-order valence-corrected chi connectivity index (χ3v) is 3.73. The lowest BCUT2D eigenvalue weighted by Gasteiger charge is -2.32. The number of carbonyl (C=O) groups excluding carboxylic acids is 2. The van der Waals surface area contributed by atoms with E-state index in [-0.39, 0.29) is 24.9 Å². The first-order valence-electron chi connectivity index (χ1n) is 8.39. The molecule has 1 heterocycles. The molecule has 0 atom stereocenters. The maximum atomic E-state index is 14.2. The van der Waals surface area contributed by atoms with Gasteiger partial charge in [-0.05, 0) is 51.8 Å². The minimum Gasteiger partial charge on any atom is -0.465 e. The van der Waals surface area contributed by atoms with Crippen LogP contribution in [0.2, 0.25) is 0 Å². The predicted molar refractivity (Wildman–Crippen MR) is 91.9 cm³/mol. The van der Waals surface area contributed by atoms with Crippen molar-refractivity contribution in [2.75, 3.05) is 25.0 Å². The summed E-state index contributed by atoms with van der Waals surface area (Å²) in [5.41, 5.74) is 1.32. The lowest BCUT2D eigenvalue weighted by molar-refractivity contribution is -0.140. The van der Waals surface area contributed by atoms with Gasteiger partial charge in [-0.1, -0.05) is 0 Å². The molecule has 0 unspecified atom stereocenters. The van der Waals surface area contributed by atoms with Crippen LogP contribution in [0.15, 0.2) is 12.1 Å². The molecular weight excluding hydrogens is 327 g/mol. The first kappa shape index (κ1) is 19.0. The second kappa shape index (κ2) is 7.72. The van der Waals surface area contributed by atoms with Crippen LogP contribution >= 0.6 is 0 Å². The summed E-state index contributed by atoms with van der Waals surface area (Å²) in [5, 5.41) is 2.99. The highest BCUT2D eigenvalue weighted by Gasteiger charge is 2.28. The minimum absolute atomic E-state index is 0.0156. The molecule has 0 aromatic heterocycles. The Labute approximate surface area is 147 Å². The standard InChI is InChI=1S/C18H25FN2O4/c1-5-24-16(22)10-20-15-7-6-14(19)13-11-21(9-8-12(13)15)17(23)25-18(2,3)4/h6-7,20H,5,8-11H2,1-4H3. The van der Waals surface area contributed by atoms with E-state index in [1.165, 1.54) is 11.0 Å². The summed E-state index contributed by atoms with van der Waals surface area (Å²) < 4.78 is 24.5. The molecule has 1 amide bonds. The highest BCUT2D eigenvalue weighted by molar-refractivity contribution is 5.76. The summed E-state index contributed by atoms with van der Waals surface area (Å²) in [5.74, 6) is -0.739. The SMILES string of the molecule is CCOC(=O)CNc1ccc(F)c2c1CCN(C(=O)OC(C)(C)C)C2. The van der Waals surface area contributed by atoms with E-state index in [1.807, 2.05) is 0 Å². The smallest absolute Gasteiger partial charge is 0.410 e. The maximum absolute atomic E-state index is 14.2. The summed E-state index contributed by atoms with van der Waals surface area (Å²) in [6, 6.07) is 2.95. The summed E-state index contributed by atoms with van der Waals surface area (Å²) in [4.78, 5) is 25.2. The van der Waals surface area contributed by atoms with Crippen molar-refractivity contribution in [1.82, 2.24) is 4.90 Å². The molecule has 0 saturated heterocycles. The van der Waals surface area contributed by atoms with Gasteiger partial charge in [-0.3, -0.25) is 4.79 Å². The van der Waals surface area contributed by atoms with Crippen LogP contribution in [0.3, 0.4) is 0 Å². The van der Waals surface area contributed by atoms with Gasteiger partial charge >= 0.3 is 12.1 Å². The van der Waals surface area contributed by atoms with Gasteiger partial charge < -0.3 is 19.7 Å².